The average molecular weight is 260 g/mol. The van der Waals surface area contributed by atoms with Crippen LogP contribution in [-0.2, 0) is 16.6 Å². The smallest absolute Gasteiger partial charge is 0.255 e. The van der Waals surface area contributed by atoms with Gasteiger partial charge in [0.15, 0.2) is 5.03 Å². The van der Waals surface area contributed by atoms with Crippen LogP contribution in [0.4, 0.5) is 0 Å². The second-order valence-electron chi connectivity index (χ2n) is 4.59. The standard InChI is InChI=1S/C10H20N4O2S/c1-7(2)12-5-9-6-13-14(8(3)4)10(9)17(11,15)16/h6-8,12H,5H2,1-4H3,(H2,11,15,16). The van der Waals surface area contributed by atoms with Crippen LogP contribution >= 0.6 is 0 Å². The van der Waals surface area contributed by atoms with Gasteiger partial charge in [0.2, 0.25) is 0 Å². The van der Waals surface area contributed by atoms with Crippen LogP contribution in [0.2, 0.25) is 0 Å². The number of nitrogens with one attached hydrogen (secondary N) is 1. The average Bonchev–Trinajstić information content (AvgIpc) is 2.57. The van der Waals surface area contributed by atoms with Crippen molar-refractivity contribution in [2.24, 2.45) is 5.14 Å². The quantitative estimate of drug-likeness (QED) is 0.811. The minimum absolute atomic E-state index is 0.0453. The zero-order chi connectivity index (χ0) is 13.2. The summed E-state index contributed by atoms with van der Waals surface area (Å²) in [5.74, 6) is 0. The number of aromatic nitrogens is 2. The maximum atomic E-state index is 11.6. The molecule has 17 heavy (non-hydrogen) atoms. The highest BCUT2D eigenvalue weighted by molar-refractivity contribution is 7.89. The van der Waals surface area contributed by atoms with Crippen LogP contribution in [0.3, 0.4) is 0 Å². The van der Waals surface area contributed by atoms with Crippen LogP contribution in [0.1, 0.15) is 39.3 Å². The van der Waals surface area contributed by atoms with Gasteiger partial charge in [0, 0.05) is 24.2 Å². The number of hydrogen-bond donors (Lipinski definition) is 2. The van der Waals surface area contributed by atoms with Crippen LogP contribution in [0, 0.1) is 0 Å². The molecule has 1 aromatic rings. The summed E-state index contributed by atoms with van der Waals surface area (Å²) in [4.78, 5) is 0. The minimum atomic E-state index is -3.75. The van der Waals surface area contributed by atoms with E-state index in [1.54, 1.807) is 6.20 Å². The van der Waals surface area contributed by atoms with E-state index >= 15 is 0 Å². The number of hydrogen-bond acceptors (Lipinski definition) is 4. The highest BCUT2D eigenvalue weighted by atomic mass is 32.2. The molecule has 98 valence electrons. The Labute approximate surface area is 102 Å². The molecule has 1 aromatic heterocycles. The maximum absolute atomic E-state index is 11.6. The lowest BCUT2D eigenvalue weighted by atomic mass is 10.3. The fraction of sp³-hybridized carbons (Fsp3) is 0.700. The van der Waals surface area contributed by atoms with Gasteiger partial charge in [0.05, 0.1) is 6.20 Å². The van der Waals surface area contributed by atoms with Gasteiger partial charge >= 0.3 is 0 Å². The summed E-state index contributed by atoms with van der Waals surface area (Å²) in [6.45, 7) is 8.14. The van der Waals surface area contributed by atoms with Crippen molar-refractivity contribution < 1.29 is 8.42 Å². The van der Waals surface area contributed by atoms with Crippen molar-refractivity contribution in [3.05, 3.63) is 11.8 Å². The van der Waals surface area contributed by atoms with Gasteiger partial charge < -0.3 is 5.32 Å². The molecule has 3 N–H and O–H groups in total. The van der Waals surface area contributed by atoms with Gasteiger partial charge in [-0.3, -0.25) is 4.68 Å². The highest BCUT2D eigenvalue weighted by Crippen LogP contribution is 2.18. The molecule has 7 heteroatoms. The monoisotopic (exact) mass is 260 g/mol. The van der Waals surface area contributed by atoms with Crippen molar-refractivity contribution in [1.29, 1.82) is 0 Å². The first-order valence-corrected chi connectivity index (χ1v) is 7.10. The first-order chi connectivity index (χ1) is 7.73. The van der Waals surface area contributed by atoms with Crippen LogP contribution in [0.25, 0.3) is 0 Å². The fourth-order valence-electron chi connectivity index (χ4n) is 1.50. The molecule has 0 radical (unpaired) electrons. The van der Waals surface area contributed by atoms with Crippen molar-refractivity contribution in [3.8, 4) is 0 Å². The van der Waals surface area contributed by atoms with Crippen LogP contribution in [-0.4, -0.2) is 24.2 Å². The molecule has 1 heterocycles. The molecule has 0 atom stereocenters. The molecule has 0 aliphatic carbocycles. The van der Waals surface area contributed by atoms with E-state index in [9.17, 15) is 8.42 Å². The summed E-state index contributed by atoms with van der Waals surface area (Å²) >= 11 is 0. The van der Waals surface area contributed by atoms with Gasteiger partial charge in [-0.15, -0.1) is 0 Å². The predicted molar refractivity (Wildman–Crippen MR) is 66.0 cm³/mol. The Morgan fingerprint density at radius 3 is 2.41 bits per heavy atom. The topological polar surface area (TPSA) is 90.0 Å². The van der Waals surface area contributed by atoms with Crippen LogP contribution < -0.4 is 10.5 Å². The van der Waals surface area contributed by atoms with E-state index in [0.29, 0.717) is 12.1 Å². The SMILES string of the molecule is CC(C)NCc1cnn(C(C)C)c1S(N)(=O)=O. The van der Waals surface area contributed by atoms with E-state index in [4.69, 9.17) is 5.14 Å². The molecule has 0 spiro atoms. The Balaban J connectivity index is 3.15. The lowest BCUT2D eigenvalue weighted by molar-refractivity contribution is 0.473. The highest BCUT2D eigenvalue weighted by Gasteiger charge is 2.22. The Morgan fingerprint density at radius 2 is 2.00 bits per heavy atom. The lowest BCUT2D eigenvalue weighted by Crippen LogP contribution is -2.25. The third-order valence-electron chi connectivity index (χ3n) is 2.28. The Bertz CT molecular complexity index is 476. The largest absolute Gasteiger partial charge is 0.310 e. The molecule has 0 saturated carbocycles. The maximum Gasteiger partial charge on any atom is 0.255 e. The molecular formula is C10H20N4O2S. The number of nitrogens with two attached hydrogens (primary N) is 1. The van der Waals surface area contributed by atoms with Crippen molar-refractivity contribution in [3.63, 3.8) is 0 Å². The third-order valence-corrected chi connectivity index (χ3v) is 3.27. The first-order valence-electron chi connectivity index (χ1n) is 5.56. The molecule has 0 amide bonds. The van der Waals surface area contributed by atoms with Gasteiger partial charge in [-0.25, -0.2) is 13.6 Å². The molecule has 6 nitrogen and oxygen atoms in total. The van der Waals surface area contributed by atoms with Gasteiger partial charge in [-0.05, 0) is 13.8 Å². The van der Waals surface area contributed by atoms with Gasteiger partial charge in [0.1, 0.15) is 0 Å². The van der Waals surface area contributed by atoms with Crippen molar-refractivity contribution >= 4 is 10.0 Å². The van der Waals surface area contributed by atoms with Crippen molar-refractivity contribution in [2.75, 3.05) is 0 Å². The van der Waals surface area contributed by atoms with Gasteiger partial charge in [-0.1, -0.05) is 13.8 Å². The summed E-state index contributed by atoms with van der Waals surface area (Å²) in [7, 11) is -3.75. The predicted octanol–water partition coefficient (Wildman–Crippen LogP) is 0.609. The van der Waals surface area contributed by atoms with Gasteiger partial charge in [-0.2, -0.15) is 5.10 Å². The molecule has 0 unspecified atom stereocenters. The van der Waals surface area contributed by atoms with E-state index in [0.717, 1.165) is 0 Å². The second kappa shape index (κ2) is 5.16. The lowest BCUT2D eigenvalue weighted by Gasteiger charge is -2.12. The Morgan fingerprint density at radius 1 is 1.41 bits per heavy atom. The zero-order valence-corrected chi connectivity index (χ0v) is 11.5. The van der Waals surface area contributed by atoms with E-state index in [1.807, 2.05) is 27.7 Å². The number of nitrogens with zero attached hydrogens (tertiary/aromatic N) is 2. The Kier molecular flexibility index (Phi) is 4.29. The molecule has 0 aromatic carbocycles. The van der Waals surface area contributed by atoms with Crippen LogP contribution in [0.5, 0.6) is 0 Å². The van der Waals surface area contributed by atoms with E-state index in [2.05, 4.69) is 10.4 Å². The normalized spacial score (nSPS) is 12.6. The summed E-state index contributed by atoms with van der Waals surface area (Å²) in [6.07, 6.45) is 1.55. The molecule has 0 saturated heterocycles. The molecule has 0 aliphatic rings. The summed E-state index contributed by atoms with van der Waals surface area (Å²) in [6, 6.07) is 0.224. The summed E-state index contributed by atoms with van der Waals surface area (Å²) in [5, 5.41) is 12.6. The zero-order valence-electron chi connectivity index (χ0n) is 10.6. The summed E-state index contributed by atoms with van der Waals surface area (Å²) < 4.78 is 24.6. The molecule has 0 aliphatic heterocycles. The number of primary sulfonamides is 1. The van der Waals surface area contributed by atoms with E-state index in [-0.39, 0.29) is 17.1 Å². The van der Waals surface area contributed by atoms with E-state index in [1.165, 1.54) is 4.68 Å². The third kappa shape index (κ3) is 3.52. The van der Waals surface area contributed by atoms with Crippen molar-refractivity contribution in [1.82, 2.24) is 15.1 Å². The summed E-state index contributed by atoms with van der Waals surface area (Å²) in [5.41, 5.74) is 0.606. The fourth-order valence-corrected chi connectivity index (χ4v) is 2.51. The molecule has 1 rings (SSSR count). The molecule has 0 fully saturated rings. The first kappa shape index (κ1) is 14.1. The van der Waals surface area contributed by atoms with Gasteiger partial charge in [0.25, 0.3) is 10.0 Å². The number of sulfonamides is 1. The van der Waals surface area contributed by atoms with E-state index < -0.39 is 10.0 Å². The molecular weight excluding hydrogens is 240 g/mol. The Hall–Kier alpha value is -0.920. The molecule has 0 bridgehead atoms. The second-order valence-corrected chi connectivity index (χ2v) is 6.07. The number of rotatable bonds is 5. The van der Waals surface area contributed by atoms with Crippen molar-refractivity contribution in [2.45, 2.75) is 51.3 Å². The van der Waals surface area contributed by atoms with Crippen LogP contribution in [0.15, 0.2) is 11.2 Å². The minimum Gasteiger partial charge on any atom is -0.310 e.